The molecule has 0 aromatic heterocycles. The number of carbonyl (C=O) groups excluding carboxylic acids is 2. The SMILES string of the molecule is CC/C=C\C/C=C\C/C=C\C/C=C\C/C=C\CCCCCCCCCCCC(=O)NC(COP(=O)([O-])OCC[N+](C)(C)C)C(/C=C\CCCCCCCCCCCC)OC(=O)CCCCCCCCCCCCC. The van der Waals surface area contributed by atoms with Gasteiger partial charge < -0.3 is 28.5 Å². The van der Waals surface area contributed by atoms with Gasteiger partial charge in [0.2, 0.25) is 5.91 Å². The Morgan fingerprint density at radius 1 is 0.486 bits per heavy atom. The van der Waals surface area contributed by atoms with Crippen LogP contribution >= 0.6 is 7.82 Å². The maximum atomic E-state index is 13.5. The van der Waals surface area contributed by atoms with Crippen LogP contribution in [0.15, 0.2) is 72.9 Å². The fourth-order valence-electron chi connectivity index (χ4n) is 8.67. The van der Waals surface area contributed by atoms with Crippen LogP contribution in [0.2, 0.25) is 0 Å². The third-order valence-electron chi connectivity index (χ3n) is 13.4. The van der Waals surface area contributed by atoms with Crippen LogP contribution in [-0.2, 0) is 27.9 Å². The van der Waals surface area contributed by atoms with Crippen molar-refractivity contribution in [3.63, 3.8) is 0 Å². The number of hydrogen-bond acceptors (Lipinski definition) is 7. The molecule has 0 saturated heterocycles. The minimum absolute atomic E-state index is 0.0246. The van der Waals surface area contributed by atoms with Crippen molar-refractivity contribution in [2.75, 3.05) is 40.9 Å². The Balaban J connectivity index is 5.12. The molecule has 430 valence electrons. The molecule has 0 heterocycles. The third-order valence-corrected chi connectivity index (χ3v) is 14.4. The van der Waals surface area contributed by atoms with Gasteiger partial charge in [-0.05, 0) is 76.7 Å². The molecule has 0 spiro atoms. The van der Waals surface area contributed by atoms with E-state index in [1.54, 1.807) is 0 Å². The van der Waals surface area contributed by atoms with Crippen molar-refractivity contribution >= 4 is 19.7 Å². The van der Waals surface area contributed by atoms with E-state index >= 15 is 0 Å². The summed E-state index contributed by atoms with van der Waals surface area (Å²) in [6, 6.07) is -0.891. The van der Waals surface area contributed by atoms with Gasteiger partial charge >= 0.3 is 5.97 Å². The van der Waals surface area contributed by atoms with E-state index in [0.29, 0.717) is 17.4 Å². The molecular formula is C64H117N2O7P. The predicted octanol–water partition coefficient (Wildman–Crippen LogP) is 18.2. The lowest BCUT2D eigenvalue weighted by molar-refractivity contribution is -0.870. The first-order valence-corrected chi connectivity index (χ1v) is 32.2. The van der Waals surface area contributed by atoms with Crippen LogP contribution in [0.25, 0.3) is 0 Å². The van der Waals surface area contributed by atoms with E-state index in [1.807, 2.05) is 33.3 Å². The summed E-state index contributed by atoms with van der Waals surface area (Å²) in [6.07, 6.45) is 68.7. The standard InChI is InChI=1S/C64H117N2O7P/c1-7-10-13-16-19-22-25-27-28-29-30-31-32-33-34-35-36-37-38-39-42-44-47-50-53-56-63(67)65-61(60-72-74(69,70)71-59-58-66(4,5)6)62(55-52-49-46-43-41-26-23-20-17-14-11-8-2)73-64(68)57-54-51-48-45-40-24-21-18-15-12-9-3/h10,13,19,22,27-28,30-31,33-34,52,55,61-62H,7-9,11-12,14-18,20-21,23-26,29,32,35-51,53-54,56-60H2,1-6H3,(H-,65,67,69,70)/b13-10-,22-19-,28-27-,31-30-,34-33-,55-52-. The van der Waals surface area contributed by atoms with Crippen LogP contribution in [-0.4, -0.2) is 69.4 Å². The van der Waals surface area contributed by atoms with Crippen molar-refractivity contribution in [3.8, 4) is 0 Å². The second-order valence-electron chi connectivity index (χ2n) is 21.8. The fourth-order valence-corrected chi connectivity index (χ4v) is 9.39. The Bertz CT molecular complexity index is 1500. The average molecular weight is 1060 g/mol. The Labute approximate surface area is 457 Å². The lowest BCUT2D eigenvalue weighted by Crippen LogP contribution is -2.47. The summed E-state index contributed by atoms with van der Waals surface area (Å²) in [6.45, 7) is 6.72. The Morgan fingerprint density at radius 3 is 1.30 bits per heavy atom. The number of nitrogens with one attached hydrogen (secondary N) is 1. The molecule has 0 saturated carbocycles. The van der Waals surface area contributed by atoms with Gasteiger partial charge in [-0.2, -0.15) is 0 Å². The number of rotatable bonds is 55. The fraction of sp³-hybridized carbons (Fsp3) is 0.781. The van der Waals surface area contributed by atoms with Crippen LogP contribution in [0.1, 0.15) is 271 Å². The second-order valence-corrected chi connectivity index (χ2v) is 23.2. The zero-order valence-corrected chi connectivity index (χ0v) is 49.9. The number of carbonyl (C=O) groups is 2. The molecule has 3 unspecified atom stereocenters. The first kappa shape index (κ1) is 71.5. The molecule has 1 amide bonds. The van der Waals surface area contributed by atoms with Gasteiger partial charge in [-0.1, -0.05) is 255 Å². The average Bonchev–Trinajstić information content (AvgIpc) is 3.36. The number of phosphoric ester groups is 1. The molecule has 3 atom stereocenters. The van der Waals surface area contributed by atoms with Crippen molar-refractivity contribution < 1.29 is 37.3 Å². The van der Waals surface area contributed by atoms with Crippen LogP contribution in [0.3, 0.4) is 0 Å². The van der Waals surface area contributed by atoms with Crippen molar-refractivity contribution in [3.05, 3.63) is 72.9 Å². The molecular weight excluding hydrogens is 940 g/mol. The van der Waals surface area contributed by atoms with Gasteiger partial charge in [-0.3, -0.25) is 14.2 Å². The van der Waals surface area contributed by atoms with Crippen molar-refractivity contribution in [2.45, 2.75) is 283 Å². The lowest BCUT2D eigenvalue weighted by Gasteiger charge is -2.30. The first-order chi connectivity index (χ1) is 35.9. The van der Waals surface area contributed by atoms with E-state index < -0.39 is 26.6 Å². The number of nitrogens with zero attached hydrogens (tertiary/aromatic N) is 1. The van der Waals surface area contributed by atoms with Crippen molar-refractivity contribution in [2.24, 2.45) is 0 Å². The monoisotopic (exact) mass is 1060 g/mol. The molecule has 0 bridgehead atoms. The first-order valence-electron chi connectivity index (χ1n) is 30.7. The van der Waals surface area contributed by atoms with Gasteiger partial charge in [-0.15, -0.1) is 0 Å². The van der Waals surface area contributed by atoms with Crippen LogP contribution in [0.4, 0.5) is 0 Å². The summed E-state index contributed by atoms with van der Waals surface area (Å²) in [7, 11) is 1.18. The number of hydrogen-bond donors (Lipinski definition) is 1. The normalized spacial score (nSPS) is 14.2. The smallest absolute Gasteiger partial charge is 0.306 e. The highest BCUT2D eigenvalue weighted by atomic mass is 31.2. The Kier molecular flexibility index (Phi) is 52.0. The molecule has 0 aliphatic rings. The number of quaternary nitrogens is 1. The topological polar surface area (TPSA) is 114 Å². The third kappa shape index (κ3) is 54.2. The van der Waals surface area contributed by atoms with Crippen LogP contribution in [0.5, 0.6) is 0 Å². The largest absolute Gasteiger partial charge is 0.756 e. The van der Waals surface area contributed by atoms with Gasteiger partial charge in [0.1, 0.15) is 19.3 Å². The van der Waals surface area contributed by atoms with Gasteiger partial charge in [0.25, 0.3) is 7.82 Å². The van der Waals surface area contributed by atoms with Crippen molar-refractivity contribution in [1.29, 1.82) is 0 Å². The quantitative estimate of drug-likeness (QED) is 0.0212. The van der Waals surface area contributed by atoms with E-state index in [1.165, 1.54) is 135 Å². The van der Waals surface area contributed by atoms with E-state index in [4.69, 9.17) is 13.8 Å². The molecule has 0 rings (SSSR count). The van der Waals surface area contributed by atoms with Crippen LogP contribution in [0, 0.1) is 0 Å². The van der Waals surface area contributed by atoms with Crippen LogP contribution < -0.4 is 10.2 Å². The molecule has 0 aromatic carbocycles. The number of unbranched alkanes of at least 4 members (excludes halogenated alkanes) is 29. The molecule has 0 aliphatic heterocycles. The Morgan fingerprint density at radius 2 is 0.865 bits per heavy atom. The van der Waals surface area contributed by atoms with E-state index in [0.717, 1.165) is 103 Å². The highest BCUT2D eigenvalue weighted by Gasteiger charge is 2.27. The second kappa shape index (κ2) is 53.8. The van der Waals surface area contributed by atoms with Gasteiger partial charge in [0.15, 0.2) is 0 Å². The summed E-state index contributed by atoms with van der Waals surface area (Å²) >= 11 is 0. The van der Waals surface area contributed by atoms with E-state index in [-0.39, 0.29) is 24.9 Å². The van der Waals surface area contributed by atoms with Gasteiger partial charge in [0, 0.05) is 12.8 Å². The number of likely N-dealkylation sites (N-methyl/N-ethyl adjacent to an activating group) is 1. The highest BCUT2D eigenvalue weighted by Crippen LogP contribution is 2.38. The predicted molar refractivity (Wildman–Crippen MR) is 316 cm³/mol. The van der Waals surface area contributed by atoms with E-state index in [9.17, 15) is 19.0 Å². The lowest BCUT2D eigenvalue weighted by atomic mass is 10.0. The molecule has 0 fully saturated rings. The number of allylic oxidation sites excluding steroid dienone is 11. The molecule has 10 heteroatoms. The zero-order valence-electron chi connectivity index (χ0n) is 49.0. The zero-order chi connectivity index (χ0) is 54.3. The maximum Gasteiger partial charge on any atom is 0.306 e. The minimum atomic E-state index is -4.70. The molecule has 0 aliphatic carbocycles. The van der Waals surface area contributed by atoms with E-state index in [2.05, 4.69) is 86.8 Å². The molecule has 0 aromatic rings. The van der Waals surface area contributed by atoms with Crippen molar-refractivity contribution in [1.82, 2.24) is 5.32 Å². The number of phosphoric acid groups is 1. The summed E-state index contributed by atoms with van der Waals surface area (Å²) in [4.78, 5) is 39.9. The molecule has 74 heavy (non-hydrogen) atoms. The van der Waals surface area contributed by atoms with Gasteiger partial charge in [0.05, 0.1) is 33.8 Å². The summed E-state index contributed by atoms with van der Waals surface area (Å²) in [5.74, 6) is -0.545. The minimum Gasteiger partial charge on any atom is -0.756 e. The highest BCUT2D eigenvalue weighted by molar-refractivity contribution is 7.45. The maximum absolute atomic E-state index is 13.5. The molecule has 9 nitrogen and oxygen atoms in total. The number of ether oxygens (including phenoxy) is 1. The summed E-state index contributed by atoms with van der Waals surface area (Å²) < 4.78 is 30.3. The summed E-state index contributed by atoms with van der Waals surface area (Å²) in [5.41, 5.74) is 0. The Hall–Kier alpha value is -2.55. The summed E-state index contributed by atoms with van der Waals surface area (Å²) in [5, 5.41) is 3.02. The molecule has 0 radical (unpaired) electrons. The number of amides is 1. The number of esters is 1. The van der Waals surface area contributed by atoms with Gasteiger partial charge in [-0.25, -0.2) is 0 Å². The molecule has 1 N–H and O–H groups in total.